The normalized spacial score (nSPS) is 16.9. The lowest BCUT2D eigenvalue weighted by Crippen LogP contribution is -2.46. The number of fused-ring (bicyclic) bond motifs is 2. The zero-order chi connectivity index (χ0) is 20.3. The Kier molecular flexibility index (Phi) is 5.24. The molecule has 5 rings (SSSR count). The van der Waals surface area contributed by atoms with E-state index in [1.165, 1.54) is 5.56 Å². The van der Waals surface area contributed by atoms with Gasteiger partial charge in [-0.05, 0) is 30.5 Å². The van der Waals surface area contributed by atoms with E-state index in [9.17, 15) is 4.79 Å². The summed E-state index contributed by atoms with van der Waals surface area (Å²) in [7, 11) is 0. The molecule has 0 bridgehead atoms. The Labute approximate surface area is 177 Å². The fraction of sp³-hybridized carbons (Fsp3) is 0.269. The maximum Gasteiger partial charge on any atom is 0.232 e. The first-order chi connectivity index (χ1) is 14.8. The highest BCUT2D eigenvalue weighted by molar-refractivity contribution is 5.89. The van der Waals surface area contributed by atoms with Crippen LogP contribution in [-0.4, -0.2) is 29.9 Å². The molecular formula is C26H26N2O2. The first-order valence-corrected chi connectivity index (χ1v) is 10.7. The van der Waals surface area contributed by atoms with E-state index in [2.05, 4.69) is 40.5 Å². The van der Waals surface area contributed by atoms with Crippen molar-refractivity contribution in [3.8, 4) is 11.5 Å². The molecule has 0 unspecified atom stereocenters. The van der Waals surface area contributed by atoms with Gasteiger partial charge in [-0.25, -0.2) is 0 Å². The van der Waals surface area contributed by atoms with Gasteiger partial charge in [0.1, 0.15) is 11.5 Å². The Morgan fingerprint density at radius 1 is 0.833 bits per heavy atom. The number of nitrogens with zero attached hydrogens (tertiary/aromatic N) is 1. The highest BCUT2D eigenvalue weighted by atomic mass is 16.5. The average Bonchev–Trinajstić information content (AvgIpc) is 2.79. The molecule has 1 saturated heterocycles. The van der Waals surface area contributed by atoms with Gasteiger partial charge < -0.3 is 10.1 Å². The molecule has 1 fully saturated rings. The number of piperidine rings is 1. The minimum Gasteiger partial charge on any atom is -0.457 e. The molecule has 0 atom stereocenters. The van der Waals surface area contributed by atoms with Crippen LogP contribution in [0.1, 0.15) is 35.4 Å². The quantitative estimate of drug-likeness (QED) is 0.692. The third kappa shape index (κ3) is 3.83. The maximum absolute atomic E-state index is 13.4. The largest absolute Gasteiger partial charge is 0.457 e. The van der Waals surface area contributed by atoms with E-state index in [0.29, 0.717) is 0 Å². The van der Waals surface area contributed by atoms with Crippen molar-refractivity contribution < 1.29 is 9.53 Å². The molecule has 1 N–H and O–H groups in total. The average molecular weight is 399 g/mol. The van der Waals surface area contributed by atoms with Crippen molar-refractivity contribution in [3.63, 3.8) is 0 Å². The predicted molar refractivity (Wildman–Crippen MR) is 118 cm³/mol. The molecule has 152 valence electrons. The topological polar surface area (TPSA) is 41.6 Å². The summed E-state index contributed by atoms with van der Waals surface area (Å²) < 4.78 is 6.03. The number of hydrogen-bond donors (Lipinski definition) is 1. The lowest BCUT2D eigenvalue weighted by Gasteiger charge is -2.34. The summed E-state index contributed by atoms with van der Waals surface area (Å²) in [5.74, 6) is 1.29. The van der Waals surface area contributed by atoms with E-state index in [-0.39, 0.29) is 17.9 Å². The van der Waals surface area contributed by atoms with Crippen molar-refractivity contribution in [1.82, 2.24) is 10.2 Å². The van der Waals surface area contributed by atoms with Gasteiger partial charge in [0.25, 0.3) is 0 Å². The van der Waals surface area contributed by atoms with Crippen molar-refractivity contribution >= 4 is 5.91 Å². The SMILES string of the molecule is O=C(NC1CCN(Cc2ccccc2)CC1)C1c2ccccc2Oc2ccccc21. The first kappa shape index (κ1) is 18.9. The fourth-order valence-electron chi connectivity index (χ4n) is 4.55. The summed E-state index contributed by atoms with van der Waals surface area (Å²) in [5, 5.41) is 3.33. The molecule has 30 heavy (non-hydrogen) atoms. The summed E-state index contributed by atoms with van der Waals surface area (Å²) in [6, 6.07) is 26.5. The van der Waals surface area contributed by atoms with Crippen LogP contribution in [0.15, 0.2) is 78.9 Å². The van der Waals surface area contributed by atoms with E-state index >= 15 is 0 Å². The van der Waals surface area contributed by atoms with Gasteiger partial charge in [-0.2, -0.15) is 0 Å². The van der Waals surface area contributed by atoms with Gasteiger partial charge in [-0.15, -0.1) is 0 Å². The molecule has 3 aromatic carbocycles. The van der Waals surface area contributed by atoms with Crippen LogP contribution >= 0.6 is 0 Å². The number of benzene rings is 3. The lowest BCUT2D eigenvalue weighted by atomic mass is 9.87. The Morgan fingerprint density at radius 3 is 2.03 bits per heavy atom. The van der Waals surface area contributed by atoms with Crippen molar-refractivity contribution in [1.29, 1.82) is 0 Å². The van der Waals surface area contributed by atoms with Crippen molar-refractivity contribution in [2.75, 3.05) is 13.1 Å². The standard InChI is InChI=1S/C26H26N2O2/c29-26(27-20-14-16-28(17-15-20)18-19-8-2-1-3-9-19)25-21-10-4-6-12-23(21)30-24-13-7-5-11-22(24)25/h1-13,20,25H,14-18H2,(H,27,29). The number of carbonyl (C=O) groups is 1. The maximum atomic E-state index is 13.4. The van der Waals surface area contributed by atoms with Gasteiger partial charge in [-0.3, -0.25) is 9.69 Å². The van der Waals surface area contributed by atoms with Crippen molar-refractivity contribution in [2.45, 2.75) is 31.3 Å². The van der Waals surface area contributed by atoms with Crippen LogP contribution in [0, 0.1) is 0 Å². The Bertz CT molecular complexity index is 980. The zero-order valence-electron chi connectivity index (χ0n) is 17.0. The first-order valence-electron chi connectivity index (χ1n) is 10.7. The second-order valence-corrected chi connectivity index (χ2v) is 8.16. The van der Waals surface area contributed by atoms with E-state index in [4.69, 9.17) is 4.74 Å². The van der Waals surface area contributed by atoms with Gasteiger partial charge in [-0.1, -0.05) is 66.7 Å². The third-order valence-electron chi connectivity index (χ3n) is 6.13. The highest BCUT2D eigenvalue weighted by Gasteiger charge is 2.33. The number of nitrogens with one attached hydrogen (secondary N) is 1. The number of para-hydroxylation sites is 2. The monoisotopic (exact) mass is 398 g/mol. The Hall–Kier alpha value is -3.11. The van der Waals surface area contributed by atoms with Crippen LogP contribution < -0.4 is 10.1 Å². The summed E-state index contributed by atoms with van der Waals surface area (Å²) >= 11 is 0. The highest BCUT2D eigenvalue weighted by Crippen LogP contribution is 2.44. The van der Waals surface area contributed by atoms with Gasteiger partial charge in [0.15, 0.2) is 0 Å². The number of likely N-dealkylation sites (tertiary alicyclic amines) is 1. The van der Waals surface area contributed by atoms with Crippen molar-refractivity contribution in [3.05, 3.63) is 95.6 Å². The number of amides is 1. The van der Waals surface area contributed by atoms with Crippen LogP contribution in [0.5, 0.6) is 11.5 Å². The number of ether oxygens (including phenoxy) is 1. The predicted octanol–water partition coefficient (Wildman–Crippen LogP) is 4.71. The molecule has 0 aromatic heterocycles. The number of carbonyl (C=O) groups excluding carboxylic acids is 1. The number of rotatable bonds is 4. The van der Waals surface area contributed by atoms with Crippen LogP contribution in [0.25, 0.3) is 0 Å². The van der Waals surface area contributed by atoms with E-state index in [0.717, 1.165) is 55.1 Å². The smallest absolute Gasteiger partial charge is 0.232 e. The molecule has 2 aliphatic rings. The Morgan fingerprint density at radius 2 is 1.40 bits per heavy atom. The molecule has 1 amide bonds. The molecule has 4 nitrogen and oxygen atoms in total. The molecular weight excluding hydrogens is 372 g/mol. The summed E-state index contributed by atoms with van der Waals surface area (Å²) in [6.45, 7) is 2.98. The number of hydrogen-bond acceptors (Lipinski definition) is 3. The Balaban J connectivity index is 1.26. The minimum absolute atomic E-state index is 0.0692. The van der Waals surface area contributed by atoms with Gasteiger partial charge >= 0.3 is 0 Å². The van der Waals surface area contributed by atoms with Crippen LogP contribution in [0.2, 0.25) is 0 Å². The fourth-order valence-corrected chi connectivity index (χ4v) is 4.55. The second kappa shape index (κ2) is 8.33. The van der Waals surface area contributed by atoms with Gasteiger partial charge in [0, 0.05) is 36.8 Å². The van der Waals surface area contributed by atoms with E-state index < -0.39 is 0 Å². The summed E-state index contributed by atoms with van der Waals surface area (Å²) in [5.41, 5.74) is 3.22. The van der Waals surface area contributed by atoms with Crippen LogP contribution in [0.4, 0.5) is 0 Å². The molecule has 4 heteroatoms. The molecule has 2 aliphatic heterocycles. The van der Waals surface area contributed by atoms with E-state index in [1.807, 2.05) is 48.5 Å². The van der Waals surface area contributed by atoms with Crippen molar-refractivity contribution in [2.24, 2.45) is 0 Å². The second-order valence-electron chi connectivity index (χ2n) is 8.16. The minimum atomic E-state index is -0.325. The third-order valence-corrected chi connectivity index (χ3v) is 6.13. The van der Waals surface area contributed by atoms with Crippen LogP contribution in [-0.2, 0) is 11.3 Å². The molecule has 2 heterocycles. The zero-order valence-corrected chi connectivity index (χ0v) is 17.0. The lowest BCUT2D eigenvalue weighted by molar-refractivity contribution is -0.122. The molecule has 0 spiro atoms. The van der Waals surface area contributed by atoms with E-state index in [1.54, 1.807) is 0 Å². The molecule has 0 saturated carbocycles. The molecule has 3 aromatic rings. The molecule has 0 aliphatic carbocycles. The van der Waals surface area contributed by atoms with Gasteiger partial charge in [0.2, 0.25) is 5.91 Å². The summed E-state index contributed by atoms with van der Waals surface area (Å²) in [4.78, 5) is 15.9. The summed E-state index contributed by atoms with van der Waals surface area (Å²) in [6.07, 6.45) is 1.95. The van der Waals surface area contributed by atoms with Gasteiger partial charge in [0.05, 0.1) is 5.92 Å². The molecule has 0 radical (unpaired) electrons. The van der Waals surface area contributed by atoms with Crippen LogP contribution in [0.3, 0.4) is 0 Å².